The molecular weight excluding hydrogens is 110 g/mol. The predicted octanol–water partition coefficient (Wildman–Crippen LogP) is 0.982. The SMILES string of the molecule is CC1C=CC#C[N+]1(C)C. The van der Waals surface area contributed by atoms with Gasteiger partial charge in [-0.1, -0.05) is 0 Å². The van der Waals surface area contributed by atoms with Crippen LogP contribution in [0.15, 0.2) is 12.2 Å². The van der Waals surface area contributed by atoms with E-state index in [4.69, 9.17) is 0 Å². The number of rotatable bonds is 0. The molecule has 0 radical (unpaired) electrons. The standard InChI is InChI=1S/C8H12N/c1-8-6-4-5-7-9(8,2)3/h4,6,8H,1-3H3/q+1. The summed E-state index contributed by atoms with van der Waals surface area (Å²) in [4.78, 5) is 0. The van der Waals surface area contributed by atoms with Gasteiger partial charge in [-0.15, -0.1) is 0 Å². The Hall–Kier alpha value is -0.740. The molecule has 0 N–H and O–H groups in total. The van der Waals surface area contributed by atoms with Gasteiger partial charge in [-0.3, -0.25) is 0 Å². The van der Waals surface area contributed by atoms with E-state index in [-0.39, 0.29) is 0 Å². The van der Waals surface area contributed by atoms with Gasteiger partial charge >= 0.3 is 0 Å². The molecule has 0 spiro atoms. The Labute approximate surface area is 56.6 Å². The van der Waals surface area contributed by atoms with Gasteiger partial charge in [-0.25, -0.2) is 4.48 Å². The summed E-state index contributed by atoms with van der Waals surface area (Å²) in [5, 5.41) is 0. The topological polar surface area (TPSA) is 0 Å². The zero-order valence-corrected chi connectivity index (χ0v) is 6.18. The van der Waals surface area contributed by atoms with E-state index in [1.54, 1.807) is 0 Å². The van der Waals surface area contributed by atoms with E-state index in [2.05, 4.69) is 39.1 Å². The highest BCUT2D eigenvalue weighted by Crippen LogP contribution is 2.07. The molecule has 1 aliphatic rings. The molecule has 1 nitrogen and oxygen atoms in total. The third-order valence-corrected chi connectivity index (χ3v) is 1.83. The van der Waals surface area contributed by atoms with E-state index >= 15 is 0 Å². The summed E-state index contributed by atoms with van der Waals surface area (Å²) < 4.78 is 0.788. The van der Waals surface area contributed by atoms with Crippen molar-refractivity contribution in [2.24, 2.45) is 0 Å². The normalized spacial score (nSPS) is 29.0. The summed E-state index contributed by atoms with van der Waals surface area (Å²) in [6, 6.07) is 3.64. The zero-order chi connectivity index (χ0) is 6.91. The molecular formula is C8H12N+. The van der Waals surface area contributed by atoms with Crippen LogP contribution in [0.25, 0.3) is 0 Å². The lowest BCUT2D eigenvalue weighted by Crippen LogP contribution is -2.42. The Morgan fingerprint density at radius 3 is 2.44 bits per heavy atom. The van der Waals surface area contributed by atoms with Gasteiger partial charge in [0, 0.05) is 0 Å². The lowest BCUT2D eigenvalue weighted by atomic mass is 10.2. The fourth-order valence-corrected chi connectivity index (χ4v) is 0.708. The van der Waals surface area contributed by atoms with Crippen molar-refractivity contribution in [1.82, 2.24) is 0 Å². The molecule has 0 bridgehead atoms. The van der Waals surface area contributed by atoms with Crippen molar-refractivity contribution in [2.45, 2.75) is 13.0 Å². The second kappa shape index (κ2) is 1.89. The van der Waals surface area contributed by atoms with E-state index in [9.17, 15) is 0 Å². The van der Waals surface area contributed by atoms with Crippen LogP contribution < -0.4 is 0 Å². The van der Waals surface area contributed by atoms with Crippen LogP contribution in [0.1, 0.15) is 6.92 Å². The van der Waals surface area contributed by atoms with Gasteiger partial charge in [-0.2, -0.15) is 0 Å². The molecule has 1 heteroatoms. The summed E-state index contributed by atoms with van der Waals surface area (Å²) >= 11 is 0. The highest BCUT2D eigenvalue weighted by molar-refractivity contribution is 5.17. The Kier molecular flexibility index (Phi) is 1.34. The maximum atomic E-state index is 3.11. The molecule has 0 fully saturated rings. The largest absolute Gasteiger partial charge is 0.246 e. The van der Waals surface area contributed by atoms with Crippen LogP contribution in [0.5, 0.6) is 0 Å². The van der Waals surface area contributed by atoms with Gasteiger partial charge in [-0.05, 0) is 25.0 Å². The number of quaternary nitrogens is 1. The minimum Gasteiger partial charge on any atom is -0.246 e. The first-order valence-corrected chi connectivity index (χ1v) is 3.16. The molecule has 1 unspecified atom stereocenters. The van der Waals surface area contributed by atoms with Crippen LogP contribution in [-0.2, 0) is 0 Å². The highest BCUT2D eigenvalue weighted by Gasteiger charge is 2.20. The second-order valence-corrected chi connectivity index (χ2v) is 2.90. The van der Waals surface area contributed by atoms with Crippen molar-refractivity contribution in [1.29, 1.82) is 0 Å². The minimum absolute atomic E-state index is 0.534. The van der Waals surface area contributed by atoms with Gasteiger partial charge in [0.05, 0.1) is 14.1 Å². The Morgan fingerprint density at radius 2 is 2.11 bits per heavy atom. The molecule has 1 heterocycles. The molecule has 0 aromatic rings. The lowest BCUT2D eigenvalue weighted by molar-refractivity contribution is -0.840. The average Bonchev–Trinajstić information content (AvgIpc) is 1.77. The van der Waals surface area contributed by atoms with Crippen LogP contribution >= 0.6 is 0 Å². The summed E-state index contributed by atoms with van der Waals surface area (Å²) in [6.07, 6.45) is 4.06. The van der Waals surface area contributed by atoms with Crippen LogP contribution in [0.2, 0.25) is 0 Å². The summed E-state index contributed by atoms with van der Waals surface area (Å²) in [7, 11) is 4.22. The summed E-state index contributed by atoms with van der Waals surface area (Å²) in [5.74, 6) is 2.95. The third-order valence-electron chi connectivity index (χ3n) is 1.83. The maximum Gasteiger partial charge on any atom is 0.142 e. The molecule has 48 valence electrons. The van der Waals surface area contributed by atoms with Crippen molar-refractivity contribution < 1.29 is 4.48 Å². The summed E-state index contributed by atoms with van der Waals surface area (Å²) in [6.45, 7) is 2.17. The molecule has 1 atom stereocenters. The van der Waals surface area contributed by atoms with Crippen molar-refractivity contribution >= 4 is 0 Å². The second-order valence-electron chi connectivity index (χ2n) is 2.90. The lowest BCUT2D eigenvalue weighted by Gasteiger charge is -2.27. The molecule has 0 saturated carbocycles. The molecule has 9 heavy (non-hydrogen) atoms. The maximum absolute atomic E-state index is 3.11. The molecule has 0 saturated heterocycles. The Morgan fingerprint density at radius 1 is 1.44 bits per heavy atom. The fraction of sp³-hybridized carbons (Fsp3) is 0.500. The molecule has 1 aliphatic heterocycles. The molecule has 0 aliphatic carbocycles. The number of hydrogen-bond donors (Lipinski definition) is 0. The van der Waals surface area contributed by atoms with Crippen LogP contribution in [0.3, 0.4) is 0 Å². The van der Waals surface area contributed by atoms with Crippen molar-refractivity contribution in [2.75, 3.05) is 14.1 Å². The van der Waals surface area contributed by atoms with Crippen LogP contribution in [-0.4, -0.2) is 24.6 Å². The first kappa shape index (κ1) is 6.38. The number of likely N-dealkylation sites (N-methyl/N-ethyl adjacent to an activating group) is 1. The first-order valence-electron chi connectivity index (χ1n) is 3.16. The average molecular weight is 122 g/mol. The molecule has 0 aromatic heterocycles. The minimum atomic E-state index is 0.534. The number of hydrogen-bond acceptors (Lipinski definition) is 0. The molecule has 0 amide bonds. The highest BCUT2D eigenvalue weighted by atomic mass is 15.3. The van der Waals surface area contributed by atoms with E-state index in [0.717, 1.165) is 4.48 Å². The summed E-state index contributed by atoms with van der Waals surface area (Å²) in [5.41, 5.74) is 0. The first-order chi connectivity index (χ1) is 4.13. The van der Waals surface area contributed by atoms with Crippen LogP contribution in [0.4, 0.5) is 0 Å². The zero-order valence-electron chi connectivity index (χ0n) is 6.18. The van der Waals surface area contributed by atoms with E-state index < -0.39 is 0 Å². The van der Waals surface area contributed by atoms with Gasteiger partial charge in [0.15, 0.2) is 0 Å². The van der Waals surface area contributed by atoms with Gasteiger partial charge in [0.2, 0.25) is 0 Å². The smallest absolute Gasteiger partial charge is 0.142 e. The van der Waals surface area contributed by atoms with Crippen molar-refractivity contribution in [3.05, 3.63) is 12.2 Å². The Balaban J connectivity index is 2.86. The van der Waals surface area contributed by atoms with Gasteiger partial charge in [0.1, 0.15) is 12.1 Å². The van der Waals surface area contributed by atoms with Crippen LogP contribution in [0, 0.1) is 12.0 Å². The molecule has 1 rings (SSSR count). The van der Waals surface area contributed by atoms with Gasteiger partial charge < -0.3 is 0 Å². The third kappa shape index (κ3) is 1.14. The Bertz CT molecular complexity index is 190. The number of allylic oxidation sites excluding steroid dienone is 1. The number of nitrogens with zero attached hydrogens (tertiary/aromatic N) is 1. The fourth-order valence-electron chi connectivity index (χ4n) is 0.708. The van der Waals surface area contributed by atoms with E-state index in [1.165, 1.54) is 0 Å². The molecule has 0 aromatic carbocycles. The van der Waals surface area contributed by atoms with Crippen molar-refractivity contribution in [3.8, 4) is 12.0 Å². The van der Waals surface area contributed by atoms with E-state index in [1.807, 2.05) is 6.08 Å². The monoisotopic (exact) mass is 122 g/mol. The quantitative estimate of drug-likeness (QED) is 0.332. The predicted molar refractivity (Wildman–Crippen MR) is 38.5 cm³/mol. The van der Waals surface area contributed by atoms with Crippen molar-refractivity contribution in [3.63, 3.8) is 0 Å². The van der Waals surface area contributed by atoms with Gasteiger partial charge in [0.25, 0.3) is 0 Å². The van der Waals surface area contributed by atoms with E-state index in [0.29, 0.717) is 6.04 Å².